The van der Waals surface area contributed by atoms with Gasteiger partial charge in [-0.2, -0.15) is 8.42 Å². The molecule has 5 nitrogen and oxygen atoms in total. The number of hydrogen-bond acceptors (Lipinski definition) is 3. The molecule has 90 valence electrons. The third-order valence-electron chi connectivity index (χ3n) is 2.71. The average Bonchev–Trinajstić information content (AvgIpc) is 2.93. The van der Waals surface area contributed by atoms with E-state index in [0.29, 0.717) is 25.6 Å². The molecule has 0 spiro atoms. The third kappa shape index (κ3) is 4.46. The molecule has 0 aliphatic heterocycles. The molecule has 0 bridgehead atoms. The molecule has 1 aliphatic rings. The molecule has 1 fully saturated rings. The second-order valence-corrected chi connectivity index (χ2v) is 6.36. The summed E-state index contributed by atoms with van der Waals surface area (Å²) in [5, 5.41) is 0. The maximum absolute atomic E-state index is 11.5. The Kier molecular flexibility index (Phi) is 4.11. The Labute approximate surface area is 92.0 Å². The summed E-state index contributed by atoms with van der Waals surface area (Å²) in [5.41, 5.74) is 5.60. The van der Waals surface area contributed by atoms with Gasteiger partial charge < -0.3 is 5.73 Å². The Hall–Kier alpha value is -0.170. The molecule has 15 heavy (non-hydrogen) atoms. The van der Waals surface area contributed by atoms with Crippen LogP contribution in [0.5, 0.6) is 0 Å². The van der Waals surface area contributed by atoms with Gasteiger partial charge in [0.2, 0.25) is 0 Å². The van der Waals surface area contributed by atoms with Crippen LogP contribution >= 0.6 is 0 Å². The summed E-state index contributed by atoms with van der Waals surface area (Å²) in [6.45, 7) is 5.40. The third-order valence-corrected chi connectivity index (χ3v) is 3.78. The summed E-state index contributed by atoms with van der Waals surface area (Å²) in [7, 11) is -3.34. The Morgan fingerprint density at radius 2 is 1.93 bits per heavy atom. The molecule has 1 rings (SSSR count). The molecular formula is C9H21N3O2S. The predicted molar refractivity (Wildman–Crippen MR) is 60.5 cm³/mol. The normalized spacial score (nSPS) is 19.5. The van der Waals surface area contributed by atoms with E-state index in [2.05, 4.69) is 9.44 Å². The minimum Gasteiger partial charge on any atom is -0.330 e. The van der Waals surface area contributed by atoms with E-state index < -0.39 is 10.2 Å². The highest BCUT2D eigenvalue weighted by Crippen LogP contribution is 2.43. The standard InChI is InChI=1S/C9H21N3O2S/c1-8(2)5-11-15(13,14)12-7-9(6-10)3-4-9/h8,11-12H,3-7,10H2,1-2H3. The zero-order chi connectivity index (χ0) is 11.5. The largest absolute Gasteiger partial charge is 0.330 e. The minimum atomic E-state index is -3.34. The van der Waals surface area contributed by atoms with Gasteiger partial charge in [0.15, 0.2) is 0 Å². The fourth-order valence-corrected chi connectivity index (χ4v) is 2.36. The van der Waals surface area contributed by atoms with Crippen molar-refractivity contribution >= 4 is 10.2 Å². The van der Waals surface area contributed by atoms with Crippen LogP contribution in [0.15, 0.2) is 0 Å². The molecule has 4 N–H and O–H groups in total. The van der Waals surface area contributed by atoms with Gasteiger partial charge in [-0.1, -0.05) is 13.8 Å². The van der Waals surface area contributed by atoms with Crippen molar-refractivity contribution in [1.29, 1.82) is 0 Å². The monoisotopic (exact) mass is 235 g/mol. The number of hydrogen-bond donors (Lipinski definition) is 3. The van der Waals surface area contributed by atoms with Gasteiger partial charge in [0, 0.05) is 13.1 Å². The highest BCUT2D eigenvalue weighted by molar-refractivity contribution is 7.87. The van der Waals surface area contributed by atoms with Crippen LogP contribution in [0.1, 0.15) is 26.7 Å². The second-order valence-electron chi connectivity index (χ2n) is 4.77. The van der Waals surface area contributed by atoms with Crippen LogP contribution in [0, 0.1) is 11.3 Å². The molecule has 0 aromatic carbocycles. The van der Waals surface area contributed by atoms with Crippen LogP contribution in [-0.4, -0.2) is 28.1 Å². The topological polar surface area (TPSA) is 84.2 Å². The van der Waals surface area contributed by atoms with E-state index in [9.17, 15) is 8.42 Å². The van der Waals surface area contributed by atoms with Crippen molar-refractivity contribution in [3.8, 4) is 0 Å². The fourth-order valence-electron chi connectivity index (χ4n) is 1.21. The van der Waals surface area contributed by atoms with E-state index >= 15 is 0 Å². The van der Waals surface area contributed by atoms with Crippen LogP contribution < -0.4 is 15.2 Å². The van der Waals surface area contributed by atoms with Gasteiger partial charge in [-0.05, 0) is 30.7 Å². The summed E-state index contributed by atoms with van der Waals surface area (Å²) in [6, 6.07) is 0. The Morgan fingerprint density at radius 3 is 2.33 bits per heavy atom. The van der Waals surface area contributed by atoms with Gasteiger partial charge >= 0.3 is 0 Å². The lowest BCUT2D eigenvalue weighted by Gasteiger charge is -2.14. The second kappa shape index (κ2) is 4.78. The lowest BCUT2D eigenvalue weighted by atomic mass is 10.1. The molecule has 1 aliphatic carbocycles. The molecule has 0 saturated heterocycles. The minimum absolute atomic E-state index is 0.0343. The zero-order valence-electron chi connectivity index (χ0n) is 9.41. The van der Waals surface area contributed by atoms with Gasteiger partial charge in [0.05, 0.1) is 0 Å². The van der Waals surface area contributed by atoms with Crippen molar-refractivity contribution in [2.75, 3.05) is 19.6 Å². The first kappa shape index (κ1) is 12.9. The molecule has 0 atom stereocenters. The van der Waals surface area contributed by atoms with Gasteiger partial charge in [-0.3, -0.25) is 0 Å². The highest BCUT2D eigenvalue weighted by atomic mass is 32.2. The summed E-state index contributed by atoms with van der Waals surface area (Å²) in [4.78, 5) is 0. The van der Waals surface area contributed by atoms with Crippen molar-refractivity contribution < 1.29 is 8.42 Å². The molecule has 1 saturated carbocycles. The summed E-state index contributed by atoms with van der Waals surface area (Å²) in [6.07, 6.45) is 2.05. The maximum atomic E-state index is 11.5. The van der Waals surface area contributed by atoms with E-state index in [1.807, 2.05) is 13.8 Å². The van der Waals surface area contributed by atoms with Crippen LogP contribution in [0.2, 0.25) is 0 Å². The van der Waals surface area contributed by atoms with Crippen LogP contribution in [-0.2, 0) is 10.2 Å². The first-order valence-electron chi connectivity index (χ1n) is 5.33. The maximum Gasteiger partial charge on any atom is 0.276 e. The average molecular weight is 235 g/mol. The summed E-state index contributed by atoms with van der Waals surface area (Å²) >= 11 is 0. The fraction of sp³-hybridized carbons (Fsp3) is 1.00. The lowest BCUT2D eigenvalue weighted by molar-refractivity contribution is 0.492. The Bertz CT molecular complexity index is 296. The van der Waals surface area contributed by atoms with E-state index in [-0.39, 0.29) is 5.41 Å². The quantitative estimate of drug-likeness (QED) is 0.571. The van der Waals surface area contributed by atoms with E-state index in [1.54, 1.807) is 0 Å². The van der Waals surface area contributed by atoms with Gasteiger partial charge in [0.25, 0.3) is 10.2 Å². The lowest BCUT2D eigenvalue weighted by Crippen LogP contribution is -2.42. The zero-order valence-corrected chi connectivity index (χ0v) is 10.2. The molecular weight excluding hydrogens is 214 g/mol. The van der Waals surface area contributed by atoms with Crippen LogP contribution in [0.25, 0.3) is 0 Å². The SMILES string of the molecule is CC(C)CNS(=O)(=O)NCC1(CN)CC1. The van der Waals surface area contributed by atoms with E-state index in [4.69, 9.17) is 5.73 Å². The highest BCUT2D eigenvalue weighted by Gasteiger charge is 2.41. The van der Waals surface area contributed by atoms with Crippen molar-refractivity contribution in [2.24, 2.45) is 17.1 Å². The van der Waals surface area contributed by atoms with Crippen molar-refractivity contribution in [2.45, 2.75) is 26.7 Å². The number of rotatable bonds is 7. The summed E-state index contributed by atoms with van der Waals surface area (Å²) in [5.74, 6) is 0.311. The molecule has 0 unspecified atom stereocenters. The first-order chi connectivity index (χ1) is 6.89. The Morgan fingerprint density at radius 1 is 1.33 bits per heavy atom. The molecule has 0 radical (unpaired) electrons. The predicted octanol–water partition coefficient (Wildman–Crippen LogP) is -0.195. The van der Waals surface area contributed by atoms with Crippen LogP contribution in [0.3, 0.4) is 0 Å². The van der Waals surface area contributed by atoms with Crippen LogP contribution in [0.4, 0.5) is 0 Å². The Balaban J connectivity index is 2.30. The molecule has 0 aromatic rings. The van der Waals surface area contributed by atoms with E-state index in [1.165, 1.54) is 0 Å². The molecule has 6 heteroatoms. The van der Waals surface area contributed by atoms with Gasteiger partial charge in [0.1, 0.15) is 0 Å². The molecule has 0 heterocycles. The summed E-state index contributed by atoms with van der Waals surface area (Å²) < 4.78 is 28.0. The van der Waals surface area contributed by atoms with Crippen molar-refractivity contribution in [3.05, 3.63) is 0 Å². The molecule has 0 aromatic heterocycles. The smallest absolute Gasteiger partial charge is 0.276 e. The first-order valence-corrected chi connectivity index (χ1v) is 6.82. The van der Waals surface area contributed by atoms with E-state index in [0.717, 1.165) is 12.8 Å². The van der Waals surface area contributed by atoms with Gasteiger partial charge in [-0.25, -0.2) is 9.44 Å². The number of nitrogens with one attached hydrogen (secondary N) is 2. The van der Waals surface area contributed by atoms with Crippen molar-refractivity contribution in [3.63, 3.8) is 0 Å². The molecule has 0 amide bonds. The number of nitrogens with two attached hydrogens (primary N) is 1. The van der Waals surface area contributed by atoms with Gasteiger partial charge in [-0.15, -0.1) is 0 Å². The van der Waals surface area contributed by atoms with Crippen molar-refractivity contribution in [1.82, 2.24) is 9.44 Å².